The van der Waals surface area contributed by atoms with Gasteiger partial charge in [0.2, 0.25) is 11.8 Å². The molecule has 7 heteroatoms. The number of piperazine rings is 1. The average Bonchev–Trinajstić information content (AvgIpc) is 3.58. The Morgan fingerprint density at radius 1 is 0.679 bits per heavy atom. The molecule has 2 saturated heterocycles. The largest absolute Gasteiger partial charge is 0.342 e. The monoisotopic (exact) mass is 403 g/mol. The number of rotatable bonds is 3. The molecule has 28 heavy (non-hydrogen) atoms. The molecule has 3 amide bonds. The van der Waals surface area contributed by atoms with E-state index in [4.69, 9.17) is 11.6 Å². The second-order valence-corrected chi connectivity index (χ2v) is 8.43. The number of hydrogen-bond acceptors (Lipinski definition) is 3. The van der Waals surface area contributed by atoms with Crippen molar-refractivity contribution in [2.75, 3.05) is 39.3 Å². The van der Waals surface area contributed by atoms with Crippen molar-refractivity contribution >= 4 is 29.3 Å². The van der Waals surface area contributed by atoms with Crippen LogP contribution in [0.4, 0.5) is 0 Å². The fourth-order valence-electron chi connectivity index (χ4n) is 4.10. The Morgan fingerprint density at radius 3 is 1.68 bits per heavy atom. The first kappa shape index (κ1) is 19.2. The highest BCUT2D eigenvalue weighted by Crippen LogP contribution is 2.32. The minimum absolute atomic E-state index is 0.00164. The molecule has 2 aliphatic heterocycles. The molecule has 0 aromatic heterocycles. The molecule has 4 rings (SSSR count). The summed E-state index contributed by atoms with van der Waals surface area (Å²) in [6, 6.07) is 6.90. The number of carbonyl (C=O) groups excluding carboxylic acids is 3. The summed E-state index contributed by atoms with van der Waals surface area (Å²) in [6.07, 6.45) is 3.55. The molecule has 0 radical (unpaired) electrons. The molecule has 6 nitrogen and oxygen atoms in total. The lowest BCUT2D eigenvalue weighted by atomic mass is 9.94. The van der Waals surface area contributed by atoms with E-state index in [9.17, 15) is 14.4 Å². The average molecular weight is 404 g/mol. The minimum Gasteiger partial charge on any atom is -0.342 e. The Balaban J connectivity index is 1.25. The first-order valence-corrected chi connectivity index (χ1v) is 10.5. The molecule has 2 heterocycles. The van der Waals surface area contributed by atoms with E-state index >= 15 is 0 Å². The van der Waals surface area contributed by atoms with E-state index in [0.29, 0.717) is 49.9 Å². The third-order valence-corrected chi connectivity index (χ3v) is 6.30. The first-order valence-electron chi connectivity index (χ1n) is 10.2. The second kappa shape index (κ2) is 8.11. The van der Waals surface area contributed by atoms with Gasteiger partial charge in [0.05, 0.1) is 0 Å². The first-order chi connectivity index (χ1) is 13.5. The van der Waals surface area contributed by atoms with Gasteiger partial charge in [-0.2, -0.15) is 0 Å². The van der Waals surface area contributed by atoms with Gasteiger partial charge >= 0.3 is 0 Å². The van der Waals surface area contributed by atoms with Crippen molar-refractivity contribution < 1.29 is 14.4 Å². The Kier molecular flexibility index (Phi) is 5.58. The van der Waals surface area contributed by atoms with Gasteiger partial charge in [0.25, 0.3) is 5.91 Å². The van der Waals surface area contributed by atoms with Crippen molar-refractivity contribution in [3.05, 3.63) is 34.9 Å². The molecule has 0 spiro atoms. The van der Waals surface area contributed by atoms with E-state index in [2.05, 4.69) is 0 Å². The van der Waals surface area contributed by atoms with E-state index in [1.807, 2.05) is 9.80 Å². The lowest BCUT2D eigenvalue weighted by Gasteiger charge is -2.38. The van der Waals surface area contributed by atoms with Gasteiger partial charge in [0, 0.05) is 61.7 Å². The Morgan fingerprint density at radius 2 is 1.14 bits per heavy atom. The SMILES string of the molecule is O=C(c1ccc(Cl)cc1)N1CCN(C(=O)C2CCN(C(=O)C3CC3)CC2)CC1. The van der Waals surface area contributed by atoms with E-state index in [1.165, 1.54) is 0 Å². The summed E-state index contributed by atoms with van der Waals surface area (Å²) in [5, 5.41) is 0.608. The fraction of sp³-hybridized carbons (Fsp3) is 0.571. The number of likely N-dealkylation sites (tertiary alicyclic amines) is 1. The molecule has 1 aromatic rings. The topological polar surface area (TPSA) is 60.9 Å². The Bertz CT molecular complexity index is 747. The van der Waals surface area contributed by atoms with Crippen molar-refractivity contribution in [3.63, 3.8) is 0 Å². The maximum atomic E-state index is 12.9. The van der Waals surface area contributed by atoms with Crippen molar-refractivity contribution in [2.24, 2.45) is 11.8 Å². The van der Waals surface area contributed by atoms with Crippen LogP contribution in [0.25, 0.3) is 0 Å². The van der Waals surface area contributed by atoms with Crippen LogP contribution in [0.2, 0.25) is 5.02 Å². The molecule has 0 atom stereocenters. The van der Waals surface area contributed by atoms with Gasteiger partial charge in [-0.3, -0.25) is 14.4 Å². The molecule has 0 unspecified atom stereocenters. The predicted molar refractivity (Wildman–Crippen MR) is 106 cm³/mol. The normalized spacial score (nSPS) is 21.0. The fourth-order valence-corrected chi connectivity index (χ4v) is 4.22. The highest BCUT2D eigenvalue weighted by Gasteiger charge is 2.37. The van der Waals surface area contributed by atoms with Crippen LogP contribution in [-0.4, -0.2) is 71.7 Å². The number of halogens is 1. The Hall–Kier alpha value is -2.08. The van der Waals surface area contributed by atoms with Crippen LogP contribution in [0.3, 0.4) is 0 Å². The number of nitrogens with zero attached hydrogens (tertiary/aromatic N) is 3. The maximum absolute atomic E-state index is 12.9. The Labute approximate surface area is 170 Å². The van der Waals surface area contributed by atoms with Gasteiger partial charge in [0.15, 0.2) is 0 Å². The second-order valence-electron chi connectivity index (χ2n) is 8.00. The molecule has 0 N–H and O–H groups in total. The van der Waals surface area contributed by atoms with Gasteiger partial charge in [-0.05, 0) is 49.9 Å². The number of carbonyl (C=O) groups is 3. The molecule has 1 aliphatic carbocycles. The third-order valence-electron chi connectivity index (χ3n) is 6.05. The molecule has 0 bridgehead atoms. The number of hydrogen-bond donors (Lipinski definition) is 0. The van der Waals surface area contributed by atoms with Gasteiger partial charge < -0.3 is 14.7 Å². The van der Waals surface area contributed by atoms with E-state index in [0.717, 1.165) is 25.7 Å². The van der Waals surface area contributed by atoms with Gasteiger partial charge in [-0.15, -0.1) is 0 Å². The summed E-state index contributed by atoms with van der Waals surface area (Å²) in [5.41, 5.74) is 0.622. The van der Waals surface area contributed by atoms with E-state index in [1.54, 1.807) is 29.2 Å². The van der Waals surface area contributed by atoms with Crippen molar-refractivity contribution in [2.45, 2.75) is 25.7 Å². The standard InChI is InChI=1S/C21H26ClN3O3/c22-18-5-3-16(4-6-18)20(27)24-11-13-25(14-12-24)21(28)17-7-9-23(10-8-17)19(26)15-1-2-15/h3-6,15,17H,1-2,7-14H2. The quantitative estimate of drug-likeness (QED) is 0.777. The van der Waals surface area contributed by atoms with Crippen LogP contribution in [-0.2, 0) is 9.59 Å². The zero-order chi connectivity index (χ0) is 19.7. The summed E-state index contributed by atoms with van der Waals surface area (Å²) in [6.45, 7) is 3.62. The van der Waals surface area contributed by atoms with Crippen LogP contribution in [0.1, 0.15) is 36.0 Å². The summed E-state index contributed by atoms with van der Waals surface area (Å²) in [5.74, 6) is 0.688. The lowest BCUT2D eigenvalue weighted by molar-refractivity contribution is -0.142. The summed E-state index contributed by atoms with van der Waals surface area (Å²) < 4.78 is 0. The van der Waals surface area contributed by atoms with E-state index < -0.39 is 0 Å². The van der Waals surface area contributed by atoms with Crippen LogP contribution in [0, 0.1) is 11.8 Å². The zero-order valence-corrected chi connectivity index (χ0v) is 16.7. The molecule has 1 aromatic carbocycles. The minimum atomic E-state index is -0.0179. The van der Waals surface area contributed by atoms with Crippen molar-refractivity contribution in [1.29, 1.82) is 0 Å². The smallest absolute Gasteiger partial charge is 0.253 e. The molecular formula is C21H26ClN3O3. The molecule has 1 saturated carbocycles. The molecule has 3 aliphatic rings. The molecule has 3 fully saturated rings. The van der Waals surface area contributed by atoms with Crippen LogP contribution in [0.5, 0.6) is 0 Å². The third kappa shape index (κ3) is 4.17. The van der Waals surface area contributed by atoms with Crippen LogP contribution < -0.4 is 0 Å². The zero-order valence-electron chi connectivity index (χ0n) is 16.0. The number of benzene rings is 1. The summed E-state index contributed by atoms with van der Waals surface area (Å²) >= 11 is 5.88. The van der Waals surface area contributed by atoms with Crippen LogP contribution in [0.15, 0.2) is 24.3 Å². The number of amides is 3. The highest BCUT2D eigenvalue weighted by molar-refractivity contribution is 6.30. The van der Waals surface area contributed by atoms with Gasteiger partial charge in [-0.25, -0.2) is 0 Å². The maximum Gasteiger partial charge on any atom is 0.253 e. The van der Waals surface area contributed by atoms with E-state index in [-0.39, 0.29) is 29.6 Å². The van der Waals surface area contributed by atoms with Gasteiger partial charge in [0.1, 0.15) is 0 Å². The molecule has 150 valence electrons. The van der Waals surface area contributed by atoms with Crippen molar-refractivity contribution in [3.8, 4) is 0 Å². The predicted octanol–water partition coefficient (Wildman–Crippen LogP) is 2.27. The lowest BCUT2D eigenvalue weighted by Crippen LogP contribution is -2.53. The summed E-state index contributed by atoms with van der Waals surface area (Å²) in [7, 11) is 0. The molecular weight excluding hydrogens is 378 g/mol. The summed E-state index contributed by atoms with van der Waals surface area (Å²) in [4.78, 5) is 43.2. The van der Waals surface area contributed by atoms with Gasteiger partial charge in [-0.1, -0.05) is 11.6 Å². The number of piperidine rings is 1. The van der Waals surface area contributed by atoms with Crippen molar-refractivity contribution in [1.82, 2.24) is 14.7 Å². The highest BCUT2D eigenvalue weighted by atomic mass is 35.5. The van der Waals surface area contributed by atoms with Crippen LogP contribution >= 0.6 is 11.6 Å².